The molecule has 4 unspecified atom stereocenters. The first-order valence-corrected chi connectivity index (χ1v) is 22.5. The second kappa shape index (κ2) is 11.3. The van der Waals surface area contributed by atoms with Gasteiger partial charge in [-0.15, -0.1) is 0 Å². The Morgan fingerprint density at radius 2 is 0.723 bits per heavy atom. The van der Waals surface area contributed by atoms with Crippen molar-refractivity contribution < 1.29 is 0 Å². The molecule has 0 aliphatic heterocycles. The summed E-state index contributed by atoms with van der Waals surface area (Å²) in [5.41, 5.74) is 13.6. The Hall–Kier alpha value is -4.51. The SMILES string of the molecule is C[Si](CC[Si](c1ccccc1)(C1C=Cc2ccccc21)C1C=Cc2ccccc21)(C1C=Cc2ccccc21)C1C=Cc2ccccc21. The lowest BCUT2D eigenvalue weighted by atomic mass is 10.1. The maximum atomic E-state index is 2.75. The highest BCUT2D eigenvalue weighted by atomic mass is 28.3. The summed E-state index contributed by atoms with van der Waals surface area (Å²) < 4.78 is 0. The Morgan fingerprint density at radius 1 is 0.383 bits per heavy atom. The molecule has 5 aromatic rings. The number of hydrogen-bond donors (Lipinski definition) is 0. The highest BCUT2D eigenvalue weighted by Gasteiger charge is 2.54. The van der Waals surface area contributed by atoms with Crippen molar-refractivity contribution in [3.05, 3.63) is 196 Å². The third-order valence-electron chi connectivity index (χ3n) is 12.1. The molecule has 2 heteroatoms. The van der Waals surface area contributed by atoms with Gasteiger partial charge in [0.15, 0.2) is 0 Å². The first kappa shape index (κ1) is 28.7. The normalized spacial score (nSPS) is 23.6. The number of allylic oxidation sites excluding steroid dienone is 4. The maximum absolute atomic E-state index is 2.75. The Bertz CT molecular complexity index is 1970. The van der Waals surface area contributed by atoms with Crippen LogP contribution >= 0.6 is 0 Å². The molecule has 0 saturated carbocycles. The van der Waals surface area contributed by atoms with Gasteiger partial charge in [-0.2, -0.15) is 0 Å². The van der Waals surface area contributed by atoms with Crippen LogP contribution < -0.4 is 5.19 Å². The van der Waals surface area contributed by atoms with Crippen molar-refractivity contribution in [1.82, 2.24) is 0 Å². The summed E-state index contributed by atoms with van der Waals surface area (Å²) in [6.07, 6.45) is 20.1. The van der Waals surface area contributed by atoms with E-state index in [1.807, 2.05) is 0 Å². The molecule has 4 aliphatic rings. The standard InChI is InChI=1S/C45H40Si2/c1-46(42-27-23-33-13-5-9-19-38(33)42,43-28-24-34-14-6-10-20-39(34)43)31-32-47(37-17-3-2-4-18-37,44-29-25-35-15-7-11-21-40(35)44)45-30-26-36-16-8-12-22-41(36)45/h2-30,42-45H,31-32H2,1H3. The third-order valence-corrected chi connectivity index (χ3v) is 23.5. The average molecular weight is 637 g/mol. The smallest absolute Gasteiger partial charge is 0.0791 e. The van der Waals surface area contributed by atoms with Crippen molar-refractivity contribution in [2.45, 2.75) is 40.8 Å². The summed E-state index contributed by atoms with van der Waals surface area (Å²) in [5.74, 6) is 0. The molecular formula is C45H40Si2. The van der Waals surface area contributed by atoms with Crippen molar-refractivity contribution in [3.63, 3.8) is 0 Å². The fourth-order valence-corrected chi connectivity index (χ4v) is 23.0. The highest BCUT2D eigenvalue weighted by Crippen LogP contribution is 2.54. The van der Waals surface area contributed by atoms with E-state index in [1.165, 1.54) is 45.5 Å². The molecule has 0 nitrogen and oxygen atoms in total. The van der Waals surface area contributed by atoms with Crippen LogP contribution in [-0.4, -0.2) is 16.1 Å². The zero-order chi connectivity index (χ0) is 31.4. The molecular weight excluding hydrogens is 597 g/mol. The summed E-state index contributed by atoms with van der Waals surface area (Å²) >= 11 is 0. The van der Waals surface area contributed by atoms with Crippen LogP contribution in [-0.2, 0) is 0 Å². The van der Waals surface area contributed by atoms with E-state index in [4.69, 9.17) is 0 Å². The number of rotatable bonds is 8. The Labute approximate surface area is 281 Å². The zero-order valence-electron chi connectivity index (χ0n) is 27.0. The van der Waals surface area contributed by atoms with Gasteiger partial charge >= 0.3 is 0 Å². The van der Waals surface area contributed by atoms with E-state index in [-0.39, 0.29) is 0 Å². The summed E-state index contributed by atoms with van der Waals surface area (Å²) in [5, 5.41) is 1.60. The molecule has 0 N–H and O–H groups in total. The van der Waals surface area contributed by atoms with Crippen molar-refractivity contribution in [3.8, 4) is 0 Å². The van der Waals surface area contributed by atoms with Crippen LogP contribution in [0.5, 0.6) is 0 Å². The minimum absolute atomic E-state index is 0.415. The predicted octanol–water partition coefficient (Wildman–Crippen LogP) is 10.8. The fourth-order valence-electron chi connectivity index (χ4n) is 9.78. The molecule has 0 amide bonds. The lowest BCUT2D eigenvalue weighted by Gasteiger charge is -2.46. The van der Waals surface area contributed by atoms with Crippen LogP contribution in [0.3, 0.4) is 0 Å². The topological polar surface area (TPSA) is 0 Å². The molecule has 5 aromatic carbocycles. The number of hydrogen-bond acceptors (Lipinski definition) is 0. The molecule has 0 radical (unpaired) electrons. The molecule has 0 spiro atoms. The van der Waals surface area contributed by atoms with Crippen LogP contribution in [0.1, 0.15) is 66.7 Å². The van der Waals surface area contributed by atoms with Gasteiger partial charge in [-0.05, 0) is 55.6 Å². The van der Waals surface area contributed by atoms with E-state index in [9.17, 15) is 0 Å². The second-order valence-corrected chi connectivity index (χ2v) is 23.4. The quantitative estimate of drug-likeness (QED) is 0.149. The zero-order valence-corrected chi connectivity index (χ0v) is 29.0. The molecule has 0 aromatic heterocycles. The average Bonchev–Trinajstić information content (AvgIpc) is 3.94. The van der Waals surface area contributed by atoms with Gasteiger partial charge in [0, 0.05) is 11.1 Å². The lowest BCUT2D eigenvalue weighted by Crippen LogP contribution is -2.58. The largest absolute Gasteiger partial charge is 0.109 e. The minimum atomic E-state index is -2.39. The van der Waals surface area contributed by atoms with Gasteiger partial charge in [0.05, 0.1) is 8.07 Å². The maximum Gasteiger partial charge on any atom is 0.109 e. The fraction of sp³-hybridized carbons (Fsp3) is 0.156. The summed E-state index contributed by atoms with van der Waals surface area (Å²) in [7, 11) is -4.49. The molecule has 0 fully saturated rings. The Morgan fingerprint density at radius 3 is 1.15 bits per heavy atom. The van der Waals surface area contributed by atoms with Crippen molar-refractivity contribution in [2.75, 3.05) is 0 Å². The molecule has 4 atom stereocenters. The van der Waals surface area contributed by atoms with Crippen LogP contribution in [0.15, 0.2) is 152 Å². The van der Waals surface area contributed by atoms with E-state index in [1.54, 1.807) is 16.3 Å². The molecule has 9 rings (SSSR count). The predicted molar refractivity (Wildman–Crippen MR) is 206 cm³/mol. The molecule has 0 heterocycles. The molecule has 228 valence electrons. The molecule has 0 saturated heterocycles. The molecule has 47 heavy (non-hydrogen) atoms. The second-order valence-electron chi connectivity index (χ2n) is 14.3. The van der Waals surface area contributed by atoms with E-state index >= 15 is 0 Å². The van der Waals surface area contributed by atoms with Crippen molar-refractivity contribution >= 4 is 45.6 Å². The first-order valence-electron chi connectivity index (χ1n) is 17.3. The summed E-state index contributed by atoms with van der Waals surface area (Å²) in [4.78, 5) is 0. The number of fused-ring (bicyclic) bond motifs is 4. The summed E-state index contributed by atoms with van der Waals surface area (Å²) in [6.45, 7) is 2.75. The third kappa shape index (κ3) is 4.46. The van der Waals surface area contributed by atoms with Gasteiger partial charge in [-0.3, -0.25) is 0 Å². The van der Waals surface area contributed by atoms with Gasteiger partial charge in [0.2, 0.25) is 0 Å². The van der Waals surface area contributed by atoms with Crippen LogP contribution in [0.2, 0.25) is 18.6 Å². The van der Waals surface area contributed by atoms with Gasteiger partial charge in [0.25, 0.3) is 0 Å². The first-order chi connectivity index (χ1) is 23.2. The van der Waals surface area contributed by atoms with E-state index in [0.29, 0.717) is 22.2 Å². The van der Waals surface area contributed by atoms with Crippen LogP contribution in [0.25, 0.3) is 24.3 Å². The van der Waals surface area contributed by atoms with Crippen LogP contribution in [0.4, 0.5) is 0 Å². The Balaban J connectivity index is 1.24. The summed E-state index contributed by atoms with van der Waals surface area (Å²) in [6, 6.07) is 51.2. The van der Waals surface area contributed by atoms with Gasteiger partial charge in [-0.25, -0.2) is 0 Å². The Kier molecular flexibility index (Phi) is 6.92. The molecule has 0 bridgehead atoms. The van der Waals surface area contributed by atoms with Gasteiger partial charge in [0.1, 0.15) is 8.07 Å². The monoisotopic (exact) mass is 636 g/mol. The van der Waals surface area contributed by atoms with E-state index in [2.05, 4.69) is 183 Å². The van der Waals surface area contributed by atoms with Crippen molar-refractivity contribution in [1.29, 1.82) is 0 Å². The van der Waals surface area contributed by atoms with E-state index < -0.39 is 16.1 Å². The van der Waals surface area contributed by atoms with Crippen molar-refractivity contribution in [2.24, 2.45) is 0 Å². The van der Waals surface area contributed by atoms with Gasteiger partial charge < -0.3 is 0 Å². The van der Waals surface area contributed by atoms with Crippen LogP contribution in [0, 0.1) is 0 Å². The van der Waals surface area contributed by atoms with E-state index in [0.717, 1.165) is 0 Å². The molecule has 4 aliphatic carbocycles. The number of benzene rings is 5. The lowest BCUT2D eigenvalue weighted by molar-refractivity contribution is 0.971. The minimum Gasteiger partial charge on any atom is -0.0791 e. The van der Waals surface area contributed by atoms with Gasteiger partial charge in [-0.1, -0.05) is 200 Å². The highest BCUT2D eigenvalue weighted by molar-refractivity contribution is 6.96.